The Bertz CT molecular complexity index is 986. The molecular weight excluding hydrogens is 376 g/mol. The summed E-state index contributed by atoms with van der Waals surface area (Å²) < 4.78 is 14.7. The fraction of sp³-hybridized carbons (Fsp3) is 0.450. The number of carbonyl (C=O) groups excluding carboxylic acids is 1. The van der Waals surface area contributed by atoms with Crippen LogP contribution in [0.5, 0.6) is 0 Å². The first-order valence-corrected chi connectivity index (χ1v) is 10.1. The average Bonchev–Trinajstić information content (AvgIpc) is 3.31. The van der Waals surface area contributed by atoms with Gasteiger partial charge in [0.1, 0.15) is 5.76 Å². The van der Waals surface area contributed by atoms with E-state index in [9.17, 15) is 4.79 Å². The van der Waals surface area contributed by atoms with Gasteiger partial charge in [-0.25, -0.2) is 0 Å². The Balaban J connectivity index is 1.74. The maximum absolute atomic E-state index is 12.8. The fourth-order valence-electron chi connectivity index (χ4n) is 3.55. The molecule has 8 heteroatoms. The van der Waals surface area contributed by atoms with Crippen molar-refractivity contribution < 1.29 is 13.9 Å². The van der Waals surface area contributed by atoms with Crippen molar-refractivity contribution in [2.75, 3.05) is 19.5 Å². The molecule has 150 valence electrons. The van der Waals surface area contributed by atoms with Gasteiger partial charge >= 0.3 is 0 Å². The number of ketones is 1. The van der Waals surface area contributed by atoms with Crippen molar-refractivity contribution in [1.29, 1.82) is 0 Å². The largest absolute Gasteiger partial charge is 0.469 e. The molecule has 7 nitrogen and oxygen atoms in total. The molecule has 1 atom stereocenters. The van der Waals surface area contributed by atoms with Crippen LogP contribution in [0.3, 0.4) is 0 Å². The summed E-state index contributed by atoms with van der Waals surface area (Å²) in [6.45, 7) is 8.59. The Morgan fingerprint density at radius 1 is 1.32 bits per heavy atom. The first kappa shape index (κ1) is 20.4. The summed E-state index contributed by atoms with van der Waals surface area (Å²) in [5.41, 5.74) is 3.69. The Morgan fingerprint density at radius 3 is 2.71 bits per heavy atom. The lowest BCUT2D eigenvalue weighted by Crippen LogP contribution is -2.14. The zero-order valence-corrected chi connectivity index (χ0v) is 18.0. The molecule has 3 aromatic heterocycles. The fourth-order valence-corrected chi connectivity index (χ4v) is 4.35. The van der Waals surface area contributed by atoms with Crippen LogP contribution < -0.4 is 0 Å². The van der Waals surface area contributed by atoms with Crippen LogP contribution in [0.15, 0.2) is 28.0 Å². The van der Waals surface area contributed by atoms with Crippen LogP contribution in [0.4, 0.5) is 0 Å². The Kier molecular flexibility index (Phi) is 6.10. The van der Waals surface area contributed by atoms with E-state index in [4.69, 9.17) is 9.15 Å². The average molecular weight is 403 g/mol. The van der Waals surface area contributed by atoms with E-state index in [0.717, 1.165) is 34.1 Å². The highest BCUT2D eigenvalue weighted by Crippen LogP contribution is 2.27. The number of aryl methyl sites for hydroxylation is 2. The predicted octanol–water partition coefficient (Wildman–Crippen LogP) is 3.98. The van der Waals surface area contributed by atoms with Crippen molar-refractivity contribution in [3.05, 3.63) is 41.1 Å². The zero-order valence-electron chi connectivity index (χ0n) is 17.1. The van der Waals surface area contributed by atoms with E-state index in [1.807, 2.05) is 44.5 Å². The third kappa shape index (κ3) is 3.79. The summed E-state index contributed by atoms with van der Waals surface area (Å²) in [4.78, 5) is 12.8. The lowest BCUT2D eigenvalue weighted by molar-refractivity contribution is 0.102. The van der Waals surface area contributed by atoms with Gasteiger partial charge in [0.25, 0.3) is 0 Å². The minimum absolute atomic E-state index is 0.0815. The van der Waals surface area contributed by atoms with Crippen molar-refractivity contribution in [1.82, 2.24) is 19.3 Å². The smallest absolute Gasteiger partial charge is 0.191 e. The van der Waals surface area contributed by atoms with Crippen LogP contribution in [0.1, 0.15) is 40.5 Å². The molecule has 0 fully saturated rings. The van der Waals surface area contributed by atoms with Crippen molar-refractivity contribution >= 4 is 17.5 Å². The SMILES string of the molecule is COC[C@@H](C)n1c(C)cc(C(=O)CSc2nnc(-c3ccoc3C)n2C)c1C. The molecule has 0 saturated heterocycles. The summed E-state index contributed by atoms with van der Waals surface area (Å²) in [7, 11) is 3.58. The molecule has 0 aliphatic rings. The Hall–Kier alpha value is -2.32. The molecule has 3 heterocycles. The Morgan fingerprint density at radius 2 is 2.07 bits per heavy atom. The second kappa shape index (κ2) is 8.36. The van der Waals surface area contributed by atoms with E-state index >= 15 is 0 Å². The van der Waals surface area contributed by atoms with Gasteiger partial charge in [-0.15, -0.1) is 10.2 Å². The highest BCUT2D eigenvalue weighted by molar-refractivity contribution is 7.99. The van der Waals surface area contributed by atoms with Gasteiger partial charge in [0.05, 0.1) is 30.2 Å². The molecule has 0 radical (unpaired) electrons. The van der Waals surface area contributed by atoms with Crippen LogP contribution in [0, 0.1) is 20.8 Å². The minimum atomic E-state index is 0.0815. The quantitative estimate of drug-likeness (QED) is 0.419. The molecule has 0 aliphatic carbocycles. The highest BCUT2D eigenvalue weighted by atomic mass is 32.2. The second-order valence-electron chi connectivity index (χ2n) is 6.93. The monoisotopic (exact) mass is 402 g/mol. The van der Waals surface area contributed by atoms with E-state index in [1.165, 1.54) is 11.8 Å². The molecule has 3 aromatic rings. The summed E-state index contributed by atoms with van der Waals surface area (Å²) in [6, 6.07) is 4.01. The van der Waals surface area contributed by atoms with E-state index in [1.54, 1.807) is 13.4 Å². The summed E-state index contributed by atoms with van der Waals surface area (Å²) in [5, 5.41) is 9.19. The first-order valence-electron chi connectivity index (χ1n) is 9.12. The van der Waals surface area contributed by atoms with Crippen molar-refractivity contribution in [2.45, 2.75) is 38.9 Å². The molecule has 0 unspecified atom stereocenters. The number of hydrogen-bond donors (Lipinski definition) is 0. The van der Waals surface area contributed by atoms with E-state index in [-0.39, 0.29) is 11.8 Å². The van der Waals surface area contributed by atoms with Gasteiger partial charge in [0.2, 0.25) is 0 Å². The maximum Gasteiger partial charge on any atom is 0.191 e. The zero-order chi connectivity index (χ0) is 20.4. The molecule has 0 bridgehead atoms. The molecule has 0 N–H and O–H groups in total. The van der Waals surface area contributed by atoms with Crippen molar-refractivity contribution in [3.63, 3.8) is 0 Å². The standard InChI is InChI=1S/C20H26N4O3S/c1-12-9-17(14(3)24(12)13(2)10-26-6)18(25)11-28-20-22-21-19(23(20)5)16-7-8-27-15(16)4/h7-9,13H,10-11H2,1-6H3/t13-/m1/s1. The number of thioether (sulfide) groups is 1. The second-order valence-corrected chi connectivity index (χ2v) is 7.87. The Labute approximate surface area is 169 Å². The van der Waals surface area contributed by atoms with Crippen LogP contribution >= 0.6 is 11.8 Å². The van der Waals surface area contributed by atoms with Gasteiger partial charge in [-0.2, -0.15) is 0 Å². The number of methoxy groups -OCH3 is 1. The van der Waals surface area contributed by atoms with Crippen LogP contribution in [0.2, 0.25) is 0 Å². The van der Waals surface area contributed by atoms with Crippen molar-refractivity contribution in [2.24, 2.45) is 7.05 Å². The summed E-state index contributed by atoms with van der Waals surface area (Å²) in [6.07, 6.45) is 1.63. The number of nitrogens with zero attached hydrogens (tertiary/aromatic N) is 4. The van der Waals surface area contributed by atoms with E-state index in [0.29, 0.717) is 17.5 Å². The lowest BCUT2D eigenvalue weighted by Gasteiger charge is -2.17. The van der Waals surface area contributed by atoms with Crippen LogP contribution in [-0.4, -0.2) is 44.6 Å². The number of carbonyl (C=O) groups is 1. The highest BCUT2D eigenvalue weighted by Gasteiger charge is 2.20. The van der Waals surface area contributed by atoms with Gasteiger partial charge in [0, 0.05) is 31.1 Å². The number of Topliss-reactive ketones (excluding diaryl/α,β-unsaturated/α-hetero) is 1. The number of rotatable bonds is 8. The number of hydrogen-bond acceptors (Lipinski definition) is 6. The minimum Gasteiger partial charge on any atom is -0.469 e. The molecule has 0 saturated carbocycles. The summed E-state index contributed by atoms with van der Waals surface area (Å²) in [5.74, 6) is 1.91. The first-order chi connectivity index (χ1) is 13.3. The normalized spacial score (nSPS) is 12.5. The van der Waals surface area contributed by atoms with Gasteiger partial charge in [-0.05, 0) is 39.8 Å². The van der Waals surface area contributed by atoms with Crippen LogP contribution in [-0.2, 0) is 11.8 Å². The van der Waals surface area contributed by atoms with Gasteiger partial charge < -0.3 is 18.3 Å². The van der Waals surface area contributed by atoms with Crippen molar-refractivity contribution in [3.8, 4) is 11.4 Å². The van der Waals surface area contributed by atoms with E-state index < -0.39 is 0 Å². The molecule has 0 amide bonds. The number of furan rings is 1. The van der Waals surface area contributed by atoms with Gasteiger partial charge in [0.15, 0.2) is 16.8 Å². The van der Waals surface area contributed by atoms with Crippen LogP contribution in [0.25, 0.3) is 11.4 Å². The maximum atomic E-state index is 12.8. The molecular formula is C20H26N4O3S. The number of aromatic nitrogens is 4. The lowest BCUT2D eigenvalue weighted by atomic mass is 10.2. The third-order valence-corrected chi connectivity index (χ3v) is 5.92. The van der Waals surface area contributed by atoms with Gasteiger partial charge in [-0.1, -0.05) is 11.8 Å². The number of ether oxygens (including phenoxy) is 1. The third-order valence-electron chi connectivity index (χ3n) is 4.90. The topological polar surface area (TPSA) is 75.1 Å². The predicted molar refractivity (Wildman–Crippen MR) is 109 cm³/mol. The van der Waals surface area contributed by atoms with E-state index in [2.05, 4.69) is 21.7 Å². The molecule has 0 spiro atoms. The molecule has 0 aliphatic heterocycles. The summed E-state index contributed by atoms with van der Waals surface area (Å²) >= 11 is 1.39. The molecule has 0 aromatic carbocycles. The molecule has 28 heavy (non-hydrogen) atoms. The van der Waals surface area contributed by atoms with Gasteiger partial charge in [-0.3, -0.25) is 4.79 Å². The molecule has 3 rings (SSSR count).